The number of nitrogens with zero attached hydrogens (tertiary/aromatic N) is 1. The minimum Gasteiger partial charge on any atom is -0.277 e. The van der Waals surface area contributed by atoms with Gasteiger partial charge in [0, 0.05) is 6.54 Å². The third-order valence-corrected chi connectivity index (χ3v) is 7.17. The molecule has 2 fully saturated rings. The van der Waals surface area contributed by atoms with Crippen LogP contribution in [0.15, 0.2) is 30.3 Å². The molecule has 5 nitrogen and oxygen atoms in total. The fourth-order valence-electron chi connectivity index (χ4n) is 5.29. The van der Waals surface area contributed by atoms with Gasteiger partial charge in [-0.3, -0.25) is 19.8 Å². The summed E-state index contributed by atoms with van der Waals surface area (Å²) in [5.41, 5.74) is -0.492. The topological polar surface area (TPSA) is 66.5 Å². The maximum absolute atomic E-state index is 13.6. The first-order valence-corrected chi connectivity index (χ1v) is 11.0. The summed E-state index contributed by atoms with van der Waals surface area (Å²) < 4.78 is 0. The van der Waals surface area contributed by atoms with Crippen molar-refractivity contribution >= 4 is 17.8 Å². The molecule has 3 rings (SSSR count). The van der Waals surface area contributed by atoms with Crippen LogP contribution < -0.4 is 5.32 Å². The van der Waals surface area contributed by atoms with Gasteiger partial charge < -0.3 is 0 Å². The fourth-order valence-corrected chi connectivity index (χ4v) is 5.29. The molecule has 0 spiro atoms. The number of urea groups is 1. The van der Waals surface area contributed by atoms with E-state index in [-0.39, 0.29) is 5.91 Å². The molecule has 1 aliphatic heterocycles. The Morgan fingerprint density at radius 3 is 2.38 bits per heavy atom. The van der Waals surface area contributed by atoms with Crippen LogP contribution in [0, 0.1) is 16.7 Å². The predicted octanol–water partition coefficient (Wildman–Crippen LogP) is 4.70. The third-order valence-electron chi connectivity index (χ3n) is 7.17. The van der Waals surface area contributed by atoms with Crippen LogP contribution in [0.4, 0.5) is 4.79 Å². The van der Waals surface area contributed by atoms with Crippen LogP contribution in [0.5, 0.6) is 0 Å². The van der Waals surface area contributed by atoms with Gasteiger partial charge in [0.2, 0.25) is 11.8 Å². The van der Waals surface area contributed by atoms with Crippen LogP contribution in [-0.4, -0.2) is 29.3 Å². The van der Waals surface area contributed by atoms with Crippen molar-refractivity contribution in [1.82, 2.24) is 10.2 Å². The molecular formula is C24H34N2O3. The monoisotopic (exact) mass is 398 g/mol. The number of hydrogen-bond acceptors (Lipinski definition) is 3. The second kappa shape index (κ2) is 8.68. The van der Waals surface area contributed by atoms with E-state index in [1.807, 2.05) is 39.0 Å². The summed E-state index contributed by atoms with van der Waals surface area (Å²) in [7, 11) is 0. The van der Waals surface area contributed by atoms with Crippen molar-refractivity contribution < 1.29 is 14.4 Å². The summed E-state index contributed by atoms with van der Waals surface area (Å²) in [5, 5.41) is 2.52. The van der Waals surface area contributed by atoms with E-state index < -0.39 is 22.8 Å². The van der Waals surface area contributed by atoms with E-state index in [1.165, 1.54) is 10.5 Å². The number of barbiturate groups is 1. The van der Waals surface area contributed by atoms with Crippen molar-refractivity contribution in [2.24, 2.45) is 16.7 Å². The Balaban J connectivity index is 1.78. The van der Waals surface area contributed by atoms with E-state index in [0.29, 0.717) is 18.9 Å². The molecule has 1 unspecified atom stereocenters. The molecule has 1 saturated heterocycles. The number of imide groups is 2. The highest BCUT2D eigenvalue weighted by molar-refractivity contribution is 6.19. The van der Waals surface area contributed by atoms with E-state index in [4.69, 9.17) is 0 Å². The zero-order valence-corrected chi connectivity index (χ0v) is 18.0. The highest BCUT2D eigenvalue weighted by Crippen LogP contribution is 2.48. The summed E-state index contributed by atoms with van der Waals surface area (Å²) in [6.45, 7) is 6.32. The molecule has 2 aliphatic rings. The van der Waals surface area contributed by atoms with E-state index in [9.17, 15) is 14.4 Å². The molecule has 0 bridgehead atoms. The van der Waals surface area contributed by atoms with Gasteiger partial charge in [-0.15, -0.1) is 0 Å². The van der Waals surface area contributed by atoms with Crippen LogP contribution in [0.3, 0.4) is 0 Å². The normalized spacial score (nSPS) is 23.6. The minimum absolute atomic E-state index is 0.301. The van der Waals surface area contributed by atoms with Gasteiger partial charge in [0.1, 0.15) is 5.41 Å². The van der Waals surface area contributed by atoms with Gasteiger partial charge in [0.05, 0.1) is 0 Å². The fraction of sp³-hybridized carbons (Fsp3) is 0.625. The molecule has 4 amide bonds. The molecule has 0 aromatic heterocycles. The van der Waals surface area contributed by atoms with Gasteiger partial charge in [-0.05, 0) is 55.4 Å². The second-order valence-electron chi connectivity index (χ2n) is 9.31. The molecule has 1 N–H and O–H groups in total. The SMILES string of the molecule is CCC1(C(C)(C)CCCc2ccccc2)C(=O)NC(=O)N(CC2CCCC2)C1=O. The zero-order valence-electron chi connectivity index (χ0n) is 18.0. The minimum atomic E-state index is -1.20. The van der Waals surface area contributed by atoms with Crippen LogP contribution in [0.2, 0.25) is 0 Å². The summed E-state index contributed by atoms with van der Waals surface area (Å²) in [4.78, 5) is 40.5. The highest BCUT2D eigenvalue weighted by atomic mass is 16.2. The van der Waals surface area contributed by atoms with Gasteiger partial charge in [-0.2, -0.15) is 0 Å². The van der Waals surface area contributed by atoms with Gasteiger partial charge >= 0.3 is 6.03 Å². The number of carbonyl (C=O) groups excluding carboxylic acids is 3. The zero-order chi connectivity index (χ0) is 21.1. The van der Waals surface area contributed by atoms with Gasteiger partial charge in [0.15, 0.2) is 0 Å². The maximum Gasteiger partial charge on any atom is 0.330 e. The smallest absolute Gasteiger partial charge is 0.277 e. The Kier molecular flexibility index (Phi) is 6.45. The van der Waals surface area contributed by atoms with Crippen molar-refractivity contribution in [3.8, 4) is 0 Å². The number of benzene rings is 1. The molecular weight excluding hydrogens is 364 g/mol. The predicted molar refractivity (Wildman–Crippen MR) is 113 cm³/mol. The van der Waals surface area contributed by atoms with Gasteiger partial charge in [-0.1, -0.05) is 63.9 Å². The molecule has 1 atom stereocenters. The molecule has 0 radical (unpaired) electrons. The quantitative estimate of drug-likeness (QED) is 0.646. The van der Waals surface area contributed by atoms with Gasteiger partial charge in [-0.25, -0.2) is 4.79 Å². The van der Waals surface area contributed by atoms with Crippen molar-refractivity contribution in [3.63, 3.8) is 0 Å². The molecule has 5 heteroatoms. The Morgan fingerprint density at radius 2 is 1.76 bits per heavy atom. The largest absolute Gasteiger partial charge is 0.330 e. The second-order valence-corrected chi connectivity index (χ2v) is 9.31. The molecule has 1 heterocycles. The van der Waals surface area contributed by atoms with Crippen LogP contribution >= 0.6 is 0 Å². The lowest BCUT2D eigenvalue weighted by molar-refractivity contribution is -0.162. The summed E-state index contributed by atoms with van der Waals surface area (Å²) in [6, 6.07) is 9.71. The van der Waals surface area contributed by atoms with Crippen molar-refractivity contribution in [2.75, 3.05) is 6.54 Å². The Hall–Kier alpha value is -2.17. The van der Waals surface area contributed by atoms with E-state index in [1.54, 1.807) is 0 Å². The number of amides is 4. The molecule has 1 aromatic rings. The first-order chi connectivity index (χ1) is 13.8. The Bertz CT molecular complexity index is 753. The number of hydrogen-bond donors (Lipinski definition) is 1. The Labute approximate surface area is 174 Å². The van der Waals surface area contributed by atoms with Crippen LogP contribution in [0.25, 0.3) is 0 Å². The third kappa shape index (κ3) is 4.10. The summed E-state index contributed by atoms with van der Waals surface area (Å²) >= 11 is 0. The van der Waals surface area contributed by atoms with E-state index in [0.717, 1.165) is 44.9 Å². The maximum atomic E-state index is 13.6. The van der Waals surface area contributed by atoms with Crippen molar-refractivity contribution in [3.05, 3.63) is 35.9 Å². The first-order valence-electron chi connectivity index (χ1n) is 11.0. The van der Waals surface area contributed by atoms with Gasteiger partial charge in [0.25, 0.3) is 0 Å². The molecule has 1 aromatic carbocycles. The standard InChI is InChI=1S/C24H34N2O3/c1-4-24(23(2,3)16-10-15-18-11-6-5-7-12-18)20(27)25-22(29)26(21(24)28)17-19-13-8-9-14-19/h5-7,11-12,19H,4,8-10,13-17H2,1-3H3,(H,25,27,29). The lowest BCUT2D eigenvalue weighted by Crippen LogP contribution is -2.68. The lowest BCUT2D eigenvalue weighted by Gasteiger charge is -2.48. The molecule has 1 saturated carbocycles. The summed E-state index contributed by atoms with van der Waals surface area (Å²) in [5.74, 6) is -0.374. The summed E-state index contributed by atoms with van der Waals surface area (Å²) in [6.07, 6.45) is 7.31. The number of nitrogens with one attached hydrogen (secondary N) is 1. The highest BCUT2D eigenvalue weighted by Gasteiger charge is 2.60. The van der Waals surface area contributed by atoms with Crippen LogP contribution in [-0.2, 0) is 16.0 Å². The van der Waals surface area contributed by atoms with E-state index >= 15 is 0 Å². The lowest BCUT2D eigenvalue weighted by atomic mass is 9.59. The average Bonchev–Trinajstić information content (AvgIpc) is 3.19. The molecule has 158 valence electrons. The van der Waals surface area contributed by atoms with Crippen LogP contribution in [0.1, 0.15) is 71.3 Å². The Morgan fingerprint density at radius 1 is 1.10 bits per heavy atom. The molecule has 29 heavy (non-hydrogen) atoms. The number of rotatable bonds is 8. The van der Waals surface area contributed by atoms with E-state index in [2.05, 4.69) is 17.4 Å². The number of aryl methyl sites for hydroxylation is 1. The average molecular weight is 399 g/mol. The van der Waals surface area contributed by atoms with Crippen molar-refractivity contribution in [2.45, 2.75) is 72.1 Å². The first kappa shape index (κ1) is 21.5. The number of carbonyl (C=O) groups is 3. The van der Waals surface area contributed by atoms with Crippen molar-refractivity contribution in [1.29, 1.82) is 0 Å². The molecule has 1 aliphatic carbocycles.